The Labute approximate surface area is 127 Å². The highest BCUT2D eigenvalue weighted by molar-refractivity contribution is 9.11. The zero-order valence-corrected chi connectivity index (χ0v) is 14.0. The van der Waals surface area contributed by atoms with Crippen LogP contribution in [0.5, 0.6) is 0 Å². The Kier molecular flexibility index (Phi) is 5.19. The average Bonchev–Trinajstić information content (AvgIpc) is 2.96. The van der Waals surface area contributed by atoms with E-state index in [0.717, 1.165) is 25.3 Å². The third kappa shape index (κ3) is 3.46. The summed E-state index contributed by atoms with van der Waals surface area (Å²) in [6.07, 6.45) is 4.87. The first-order valence-corrected chi connectivity index (χ1v) is 8.25. The fourth-order valence-electron chi connectivity index (χ4n) is 2.18. The summed E-state index contributed by atoms with van der Waals surface area (Å²) in [7, 11) is 0. The van der Waals surface area contributed by atoms with Gasteiger partial charge in [0.05, 0.1) is 3.79 Å². The number of halogens is 1. The zero-order chi connectivity index (χ0) is 13.8. The Morgan fingerprint density at radius 3 is 2.84 bits per heavy atom. The summed E-state index contributed by atoms with van der Waals surface area (Å²) in [6.45, 7) is 8.38. The van der Waals surface area contributed by atoms with Gasteiger partial charge >= 0.3 is 0 Å². The van der Waals surface area contributed by atoms with Crippen molar-refractivity contribution in [3.63, 3.8) is 0 Å². The highest BCUT2D eigenvalue weighted by Crippen LogP contribution is 2.32. The van der Waals surface area contributed by atoms with E-state index in [1.165, 1.54) is 14.2 Å². The van der Waals surface area contributed by atoms with Gasteiger partial charge in [-0.2, -0.15) is 0 Å². The lowest BCUT2D eigenvalue weighted by Gasteiger charge is -2.16. The number of hydrogen-bond acceptors (Lipinski definition) is 3. The van der Waals surface area contributed by atoms with E-state index in [1.807, 2.05) is 23.7 Å². The molecule has 0 saturated carbocycles. The molecule has 1 atom stereocenters. The molecule has 0 fully saturated rings. The number of aryl methyl sites for hydroxylation is 2. The molecule has 1 N–H and O–H groups in total. The maximum absolute atomic E-state index is 4.48. The van der Waals surface area contributed by atoms with Crippen LogP contribution in [-0.2, 0) is 13.0 Å². The lowest BCUT2D eigenvalue weighted by Crippen LogP contribution is -2.23. The van der Waals surface area contributed by atoms with E-state index in [-0.39, 0.29) is 0 Å². The Morgan fingerprint density at radius 2 is 2.26 bits per heavy atom. The van der Waals surface area contributed by atoms with Gasteiger partial charge in [0.15, 0.2) is 0 Å². The van der Waals surface area contributed by atoms with Gasteiger partial charge in [0.1, 0.15) is 5.82 Å². The molecule has 0 radical (unpaired) electrons. The Balaban J connectivity index is 2.21. The molecule has 3 nitrogen and oxygen atoms in total. The predicted octanol–water partition coefficient (Wildman–Crippen LogP) is 3.93. The van der Waals surface area contributed by atoms with Gasteiger partial charge < -0.3 is 9.88 Å². The molecule has 2 aromatic heterocycles. The smallest absolute Gasteiger partial charge is 0.110 e. The Morgan fingerprint density at radius 1 is 1.47 bits per heavy atom. The van der Waals surface area contributed by atoms with Crippen molar-refractivity contribution >= 4 is 27.3 Å². The lowest BCUT2D eigenvalue weighted by atomic mass is 10.1. The van der Waals surface area contributed by atoms with Crippen LogP contribution in [0, 0.1) is 6.92 Å². The van der Waals surface area contributed by atoms with Crippen LogP contribution in [0.2, 0.25) is 0 Å². The molecule has 19 heavy (non-hydrogen) atoms. The molecule has 1 unspecified atom stereocenters. The van der Waals surface area contributed by atoms with Crippen LogP contribution in [0.3, 0.4) is 0 Å². The van der Waals surface area contributed by atoms with Gasteiger partial charge in [0.25, 0.3) is 0 Å². The normalized spacial score (nSPS) is 12.8. The number of nitrogens with zero attached hydrogens (tertiary/aromatic N) is 2. The standard InChI is InChI=1S/C14H20BrN3S/c1-4-16-11(12-8-10(3)14(15)19-12)9-13-17-6-7-18(13)5-2/h6-8,11,16H,4-5,9H2,1-3H3. The molecular formula is C14H20BrN3S. The van der Waals surface area contributed by atoms with Crippen molar-refractivity contribution in [1.29, 1.82) is 0 Å². The number of aromatic nitrogens is 2. The van der Waals surface area contributed by atoms with E-state index < -0.39 is 0 Å². The van der Waals surface area contributed by atoms with Gasteiger partial charge in [-0.05, 0) is 48.0 Å². The summed E-state index contributed by atoms with van der Waals surface area (Å²) < 4.78 is 3.43. The number of likely N-dealkylation sites (N-methyl/N-ethyl adjacent to an activating group) is 1. The molecule has 0 bridgehead atoms. The number of nitrogens with one attached hydrogen (secondary N) is 1. The quantitative estimate of drug-likeness (QED) is 0.862. The number of thiophene rings is 1. The minimum Gasteiger partial charge on any atom is -0.335 e. The lowest BCUT2D eigenvalue weighted by molar-refractivity contribution is 0.529. The number of imidazole rings is 1. The molecule has 0 aromatic carbocycles. The van der Waals surface area contributed by atoms with Gasteiger partial charge in [-0.1, -0.05) is 6.92 Å². The summed E-state index contributed by atoms with van der Waals surface area (Å²) in [4.78, 5) is 5.85. The molecule has 2 rings (SSSR count). The van der Waals surface area contributed by atoms with E-state index in [1.54, 1.807) is 0 Å². The Bertz CT molecular complexity index is 513. The largest absolute Gasteiger partial charge is 0.335 e. The molecule has 0 aliphatic carbocycles. The zero-order valence-electron chi connectivity index (χ0n) is 11.6. The van der Waals surface area contributed by atoms with Crippen molar-refractivity contribution in [2.45, 2.75) is 39.8 Å². The first kappa shape index (κ1) is 14.8. The fraction of sp³-hybridized carbons (Fsp3) is 0.500. The second kappa shape index (κ2) is 6.68. The maximum Gasteiger partial charge on any atom is 0.110 e. The number of hydrogen-bond donors (Lipinski definition) is 1. The molecule has 104 valence electrons. The van der Waals surface area contributed by atoms with E-state index >= 15 is 0 Å². The minimum atomic E-state index is 0.340. The second-order valence-corrected chi connectivity index (χ2v) is 6.95. The van der Waals surface area contributed by atoms with Crippen molar-refractivity contribution in [3.8, 4) is 0 Å². The van der Waals surface area contributed by atoms with Gasteiger partial charge in [-0.15, -0.1) is 11.3 Å². The molecule has 0 amide bonds. The van der Waals surface area contributed by atoms with Crippen LogP contribution < -0.4 is 5.32 Å². The van der Waals surface area contributed by atoms with Crippen molar-refractivity contribution in [2.24, 2.45) is 0 Å². The summed E-state index contributed by atoms with van der Waals surface area (Å²) in [5.41, 5.74) is 1.31. The van der Waals surface area contributed by atoms with Crippen molar-refractivity contribution < 1.29 is 0 Å². The summed E-state index contributed by atoms with van der Waals surface area (Å²) in [6, 6.07) is 2.61. The molecule has 5 heteroatoms. The third-order valence-electron chi connectivity index (χ3n) is 3.20. The first-order valence-electron chi connectivity index (χ1n) is 6.64. The van der Waals surface area contributed by atoms with E-state index in [2.05, 4.69) is 57.6 Å². The molecule has 0 spiro atoms. The molecule has 2 aromatic rings. The SMILES string of the molecule is CCNC(Cc1nccn1CC)c1cc(C)c(Br)s1. The van der Waals surface area contributed by atoms with E-state index in [0.29, 0.717) is 6.04 Å². The van der Waals surface area contributed by atoms with Crippen LogP contribution in [0.15, 0.2) is 22.2 Å². The van der Waals surface area contributed by atoms with Crippen molar-refractivity contribution in [3.05, 3.63) is 38.5 Å². The topological polar surface area (TPSA) is 29.9 Å². The molecule has 0 aliphatic heterocycles. The van der Waals surface area contributed by atoms with Gasteiger partial charge in [0.2, 0.25) is 0 Å². The summed E-state index contributed by atoms with van der Waals surface area (Å²) in [5, 5.41) is 3.57. The molecule has 2 heterocycles. The van der Waals surface area contributed by atoms with Gasteiger partial charge in [0, 0.05) is 36.3 Å². The van der Waals surface area contributed by atoms with Crippen LogP contribution >= 0.6 is 27.3 Å². The van der Waals surface area contributed by atoms with Crippen LogP contribution in [0.25, 0.3) is 0 Å². The highest BCUT2D eigenvalue weighted by atomic mass is 79.9. The molecule has 0 aliphatic rings. The predicted molar refractivity (Wildman–Crippen MR) is 84.8 cm³/mol. The van der Waals surface area contributed by atoms with E-state index in [9.17, 15) is 0 Å². The molecular weight excluding hydrogens is 322 g/mol. The fourth-order valence-corrected chi connectivity index (χ4v) is 3.82. The monoisotopic (exact) mass is 341 g/mol. The van der Waals surface area contributed by atoms with Crippen LogP contribution in [-0.4, -0.2) is 16.1 Å². The van der Waals surface area contributed by atoms with Gasteiger partial charge in [-0.3, -0.25) is 0 Å². The van der Waals surface area contributed by atoms with Crippen LogP contribution in [0.4, 0.5) is 0 Å². The summed E-state index contributed by atoms with van der Waals surface area (Å²) in [5.74, 6) is 1.15. The van der Waals surface area contributed by atoms with E-state index in [4.69, 9.17) is 0 Å². The minimum absolute atomic E-state index is 0.340. The molecule has 0 saturated heterocycles. The average molecular weight is 342 g/mol. The van der Waals surface area contributed by atoms with Crippen molar-refractivity contribution in [1.82, 2.24) is 14.9 Å². The van der Waals surface area contributed by atoms with Crippen molar-refractivity contribution in [2.75, 3.05) is 6.54 Å². The van der Waals surface area contributed by atoms with Crippen LogP contribution in [0.1, 0.15) is 36.2 Å². The summed E-state index contributed by atoms with van der Waals surface area (Å²) >= 11 is 5.43. The third-order valence-corrected chi connectivity index (χ3v) is 5.45. The number of rotatable bonds is 6. The first-order chi connectivity index (χ1) is 9.15. The highest BCUT2D eigenvalue weighted by Gasteiger charge is 2.17. The second-order valence-electron chi connectivity index (χ2n) is 4.55. The maximum atomic E-state index is 4.48. The Hall–Kier alpha value is -0.650. The van der Waals surface area contributed by atoms with Gasteiger partial charge in [-0.25, -0.2) is 4.98 Å².